The third-order valence-electron chi connectivity index (χ3n) is 2.98. The van der Waals surface area contributed by atoms with E-state index in [4.69, 9.17) is 11.6 Å². The molecular weight excluding hydrogens is 286 g/mol. The number of aromatic nitrogens is 3. The van der Waals surface area contributed by atoms with Crippen LogP contribution in [0.15, 0.2) is 30.3 Å². The van der Waals surface area contributed by atoms with Gasteiger partial charge in [0.2, 0.25) is 17.2 Å². The number of hydrogen-bond acceptors (Lipinski definition) is 5. The molecule has 1 heterocycles. The molecule has 6 heteroatoms. The third kappa shape index (κ3) is 4.29. The van der Waals surface area contributed by atoms with E-state index in [1.165, 1.54) is 0 Å². The smallest absolute Gasteiger partial charge is 0.236 e. The Kier molecular flexibility index (Phi) is 5.75. The summed E-state index contributed by atoms with van der Waals surface area (Å²) in [6.45, 7) is 5.73. The fourth-order valence-corrected chi connectivity index (χ4v) is 2.12. The topological polar surface area (TPSA) is 53.9 Å². The summed E-state index contributed by atoms with van der Waals surface area (Å²) in [6, 6.07) is 10.1. The fraction of sp³-hybridized carbons (Fsp3) is 0.400. The summed E-state index contributed by atoms with van der Waals surface area (Å²) in [5.41, 5.74) is 1.05. The summed E-state index contributed by atoms with van der Waals surface area (Å²) in [5, 5.41) is 3.28. The van der Waals surface area contributed by atoms with Gasteiger partial charge in [-0.2, -0.15) is 15.0 Å². The molecule has 0 saturated carbocycles. The Hall–Kier alpha value is -1.88. The minimum Gasteiger partial charge on any atom is -0.354 e. The lowest BCUT2D eigenvalue weighted by molar-refractivity contribution is 0.768. The van der Waals surface area contributed by atoms with Gasteiger partial charge in [-0.1, -0.05) is 31.5 Å². The molecule has 0 atom stereocenters. The lowest BCUT2D eigenvalue weighted by atomic mass is 10.2. The molecule has 2 aromatic rings. The van der Waals surface area contributed by atoms with Crippen molar-refractivity contribution in [3.05, 3.63) is 35.6 Å². The van der Waals surface area contributed by atoms with Gasteiger partial charge in [-0.15, -0.1) is 0 Å². The van der Waals surface area contributed by atoms with Crippen molar-refractivity contribution < 1.29 is 0 Å². The van der Waals surface area contributed by atoms with Gasteiger partial charge in [-0.3, -0.25) is 0 Å². The van der Waals surface area contributed by atoms with Gasteiger partial charge < -0.3 is 10.2 Å². The van der Waals surface area contributed by atoms with E-state index in [-0.39, 0.29) is 5.28 Å². The Morgan fingerprint density at radius 3 is 2.52 bits per heavy atom. The molecule has 21 heavy (non-hydrogen) atoms. The Balaban J connectivity index is 2.36. The molecule has 2 rings (SSSR count). The van der Waals surface area contributed by atoms with Gasteiger partial charge in [-0.05, 0) is 37.1 Å². The van der Waals surface area contributed by atoms with Gasteiger partial charge in [0.1, 0.15) is 0 Å². The van der Waals surface area contributed by atoms with Crippen LogP contribution in [0.25, 0.3) is 0 Å². The van der Waals surface area contributed by atoms with Gasteiger partial charge in [-0.25, -0.2) is 0 Å². The maximum atomic E-state index is 6.02. The molecule has 0 spiro atoms. The SMILES string of the molecule is CCCCN(c1ccccc1)c1nc(Cl)nc(NCC)n1. The molecule has 0 aliphatic heterocycles. The van der Waals surface area contributed by atoms with Crippen molar-refractivity contribution in [2.45, 2.75) is 26.7 Å². The van der Waals surface area contributed by atoms with Crippen LogP contribution in [0, 0.1) is 0 Å². The van der Waals surface area contributed by atoms with E-state index in [2.05, 4.69) is 32.1 Å². The first-order chi connectivity index (χ1) is 10.2. The van der Waals surface area contributed by atoms with E-state index in [0.29, 0.717) is 11.9 Å². The number of nitrogens with one attached hydrogen (secondary N) is 1. The average molecular weight is 306 g/mol. The van der Waals surface area contributed by atoms with Gasteiger partial charge in [0, 0.05) is 18.8 Å². The molecule has 0 amide bonds. The van der Waals surface area contributed by atoms with E-state index in [1.54, 1.807) is 0 Å². The van der Waals surface area contributed by atoms with Crippen LogP contribution < -0.4 is 10.2 Å². The zero-order valence-corrected chi connectivity index (χ0v) is 13.1. The lowest BCUT2D eigenvalue weighted by Gasteiger charge is -2.22. The molecule has 1 N–H and O–H groups in total. The van der Waals surface area contributed by atoms with E-state index in [1.807, 2.05) is 37.3 Å². The van der Waals surface area contributed by atoms with Crippen molar-refractivity contribution in [2.24, 2.45) is 0 Å². The van der Waals surface area contributed by atoms with Crippen molar-refractivity contribution in [3.63, 3.8) is 0 Å². The largest absolute Gasteiger partial charge is 0.354 e. The molecule has 1 aromatic carbocycles. The number of benzene rings is 1. The normalized spacial score (nSPS) is 10.4. The molecule has 0 fully saturated rings. The Morgan fingerprint density at radius 2 is 1.86 bits per heavy atom. The highest BCUT2D eigenvalue weighted by molar-refractivity contribution is 6.28. The minimum absolute atomic E-state index is 0.202. The molecule has 0 bridgehead atoms. The number of hydrogen-bond donors (Lipinski definition) is 1. The molecule has 0 unspecified atom stereocenters. The second-order valence-electron chi connectivity index (χ2n) is 4.60. The number of nitrogens with zero attached hydrogens (tertiary/aromatic N) is 4. The van der Waals surface area contributed by atoms with E-state index in [9.17, 15) is 0 Å². The quantitative estimate of drug-likeness (QED) is 0.841. The van der Waals surface area contributed by atoms with Crippen LogP contribution >= 0.6 is 11.6 Å². The summed E-state index contributed by atoms with van der Waals surface area (Å²) in [6.07, 6.45) is 2.15. The number of unbranched alkanes of at least 4 members (excludes halogenated alkanes) is 1. The van der Waals surface area contributed by atoms with E-state index < -0.39 is 0 Å². The zero-order valence-electron chi connectivity index (χ0n) is 12.4. The van der Waals surface area contributed by atoms with Gasteiger partial charge >= 0.3 is 0 Å². The predicted molar refractivity (Wildman–Crippen MR) is 87.4 cm³/mol. The molecule has 0 radical (unpaired) electrons. The summed E-state index contributed by atoms with van der Waals surface area (Å²) >= 11 is 6.02. The molecule has 1 aromatic heterocycles. The predicted octanol–water partition coefficient (Wildman–Crippen LogP) is 3.90. The number of halogens is 1. The zero-order chi connectivity index (χ0) is 15.1. The van der Waals surface area contributed by atoms with Crippen LogP contribution in [0.2, 0.25) is 5.28 Å². The third-order valence-corrected chi connectivity index (χ3v) is 3.14. The summed E-state index contributed by atoms with van der Waals surface area (Å²) in [4.78, 5) is 14.9. The van der Waals surface area contributed by atoms with E-state index in [0.717, 1.165) is 31.6 Å². The van der Waals surface area contributed by atoms with Crippen molar-refractivity contribution >= 4 is 29.2 Å². The highest BCUT2D eigenvalue weighted by atomic mass is 35.5. The van der Waals surface area contributed by atoms with Crippen molar-refractivity contribution in [1.82, 2.24) is 15.0 Å². The van der Waals surface area contributed by atoms with Crippen LogP contribution in [0.5, 0.6) is 0 Å². The Bertz CT molecular complexity index is 561. The highest BCUT2D eigenvalue weighted by Gasteiger charge is 2.14. The van der Waals surface area contributed by atoms with Crippen molar-refractivity contribution in [2.75, 3.05) is 23.3 Å². The van der Waals surface area contributed by atoms with Crippen LogP contribution in [-0.4, -0.2) is 28.0 Å². The van der Waals surface area contributed by atoms with Crippen molar-refractivity contribution in [3.8, 4) is 0 Å². The number of anilines is 3. The summed E-state index contributed by atoms with van der Waals surface area (Å²) in [7, 11) is 0. The molecule has 0 aliphatic carbocycles. The number of para-hydroxylation sites is 1. The van der Waals surface area contributed by atoms with Crippen LogP contribution in [0.1, 0.15) is 26.7 Å². The first-order valence-corrected chi connectivity index (χ1v) is 7.60. The fourth-order valence-electron chi connectivity index (χ4n) is 1.97. The lowest BCUT2D eigenvalue weighted by Crippen LogP contribution is -2.22. The highest BCUT2D eigenvalue weighted by Crippen LogP contribution is 2.24. The summed E-state index contributed by atoms with van der Waals surface area (Å²) in [5.74, 6) is 1.08. The van der Waals surface area contributed by atoms with Crippen molar-refractivity contribution in [1.29, 1.82) is 0 Å². The first kappa shape index (κ1) is 15.5. The molecule has 0 aliphatic rings. The standard InChI is InChI=1S/C15H20ClN5/c1-3-5-11-21(12-9-7-6-8-10-12)15-19-13(16)18-14(20-15)17-4-2/h6-10H,3-5,11H2,1-2H3,(H,17,18,19,20). The molecular formula is C15H20ClN5. The maximum absolute atomic E-state index is 6.02. The van der Waals surface area contributed by atoms with Gasteiger partial charge in [0.05, 0.1) is 0 Å². The maximum Gasteiger partial charge on any atom is 0.236 e. The molecule has 5 nitrogen and oxygen atoms in total. The van der Waals surface area contributed by atoms with E-state index >= 15 is 0 Å². The average Bonchev–Trinajstić information content (AvgIpc) is 2.48. The van der Waals surface area contributed by atoms with Crippen LogP contribution in [0.3, 0.4) is 0 Å². The second-order valence-corrected chi connectivity index (χ2v) is 4.94. The minimum atomic E-state index is 0.202. The van der Waals surface area contributed by atoms with Crippen LogP contribution in [0.4, 0.5) is 17.6 Å². The monoisotopic (exact) mass is 305 g/mol. The number of rotatable bonds is 7. The summed E-state index contributed by atoms with van der Waals surface area (Å²) < 4.78 is 0. The Labute approximate surface area is 130 Å². The van der Waals surface area contributed by atoms with Gasteiger partial charge in [0.15, 0.2) is 0 Å². The van der Waals surface area contributed by atoms with Gasteiger partial charge in [0.25, 0.3) is 0 Å². The Morgan fingerprint density at radius 1 is 1.10 bits per heavy atom. The molecule has 112 valence electrons. The first-order valence-electron chi connectivity index (χ1n) is 7.22. The molecule has 0 saturated heterocycles. The second kappa shape index (κ2) is 7.78. The van der Waals surface area contributed by atoms with Crippen LogP contribution in [-0.2, 0) is 0 Å².